The molecule has 0 radical (unpaired) electrons. The Morgan fingerprint density at radius 1 is 1.47 bits per heavy atom. The summed E-state index contributed by atoms with van der Waals surface area (Å²) in [7, 11) is 3.31. The first-order chi connectivity index (χ1) is 8.87. The van der Waals surface area contributed by atoms with Crippen molar-refractivity contribution >= 4 is 11.6 Å². The molecule has 0 aliphatic heterocycles. The molecule has 0 saturated carbocycles. The number of carbonyl (C=O) groups excluding carboxylic acids is 1. The Morgan fingerprint density at radius 2 is 2.11 bits per heavy atom. The molecule has 0 atom stereocenters. The van der Waals surface area contributed by atoms with Crippen LogP contribution < -0.4 is 9.64 Å². The monoisotopic (exact) mass is 260 g/mol. The van der Waals surface area contributed by atoms with Crippen molar-refractivity contribution < 1.29 is 9.53 Å². The van der Waals surface area contributed by atoms with Crippen LogP contribution >= 0.6 is 0 Å². The van der Waals surface area contributed by atoms with Gasteiger partial charge in [-0.05, 0) is 44.0 Å². The molecule has 102 valence electrons. The summed E-state index contributed by atoms with van der Waals surface area (Å²) in [4.78, 5) is 13.7. The Kier molecular flexibility index (Phi) is 4.55. The van der Waals surface area contributed by atoms with E-state index in [1.54, 1.807) is 28.0 Å². The van der Waals surface area contributed by atoms with Gasteiger partial charge in [0.05, 0.1) is 13.2 Å². The van der Waals surface area contributed by atoms with E-state index < -0.39 is 5.41 Å². The second-order valence-corrected chi connectivity index (χ2v) is 4.95. The normalized spacial score (nSPS) is 10.7. The second-order valence-electron chi connectivity index (χ2n) is 4.95. The van der Waals surface area contributed by atoms with E-state index in [0.29, 0.717) is 0 Å². The van der Waals surface area contributed by atoms with Crippen LogP contribution in [0.1, 0.15) is 26.3 Å². The first-order valence-corrected chi connectivity index (χ1v) is 6.23. The van der Waals surface area contributed by atoms with Gasteiger partial charge in [-0.1, -0.05) is 6.92 Å². The summed E-state index contributed by atoms with van der Waals surface area (Å²) in [6.45, 7) is 5.27. The first kappa shape index (κ1) is 15.0. The zero-order chi connectivity index (χ0) is 14.6. The number of aryl methyl sites for hydroxylation is 1. The van der Waals surface area contributed by atoms with Crippen LogP contribution in [0.15, 0.2) is 18.2 Å². The summed E-state index contributed by atoms with van der Waals surface area (Å²) < 4.78 is 5.26. The molecule has 0 aromatic heterocycles. The van der Waals surface area contributed by atoms with Crippen molar-refractivity contribution in [2.75, 3.05) is 19.1 Å². The highest BCUT2D eigenvalue weighted by Gasteiger charge is 2.31. The molecule has 0 saturated heterocycles. The highest BCUT2D eigenvalue weighted by Crippen LogP contribution is 2.27. The fourth-order valence-corrected chi connectivity index (χ4v) is 1.83. The minimum absolute atomic E-state index is 0.220. The van der Waals surface area contributed by atoms with Crippen molar-refractivity contribution in [3.8, 4) is 11.8 Å². The number of rotatable bonds is 4. The molecule has 0 spiro atoms. The third kappa shape index (κ3) is 3.05. The molecule has 19 heavy (non-hydrogen) atoms. The lowest BCUT2D eigenvalue weighted by Crippen LogP contribution is -2.37. The van der Waals surface area contributed by atoms with E-state index in [9.17, 15) is 4.79 Å². The SMILES string of the molecule is CCc1cc(N(C)C(=O)C(C)(C)C#N)ccc1OC. The average Bonchev–Trinajstić information content (AvgIpc) is 2.44. The van der Waals surface area contributed by atoms with Gasteiger partial charge in [0.15, 0.2) is 0 Å². The third-order valence-electron chi connectivity index (χ3n) is 3.15. The van der Waals surface area contributed by atoms with Crippen LogP contribution in [0.25, 0.3) is 0 Å². The molecule has 4 nitrogen and oxygen atoms in total. The zero-order valence-corrected chi connectivity index (χ0v) is 12.2. The maximum Gasteiger partial charge on any atom is 0.246 e. The van der Waals surface area contributed by atoms with Gasteiger partial charge in [0.2, 0.25) is 5.91 Å². The molecule has 1 aromatic rings. The highest BCUT2D eigenvalue weighted by molar-refractivity contribution is 5.98. The number of hydrogen-bond donors (Lipinski definition) is 0. The van der Waals surface area contributed by atoms with Crippen LogP contribution in [0.5, 0.6) is 5.75 Å². The molecule has 0 aliphatic carbocycles. The lowest BCUT2D eigenvalue weighted by atomic mass is 9.93. The van der Waals surface area contributed by atoms with Gasteiger partial charge in [0.1, 0.15) is 11.2 Å². The molecule has 0 aliphatic rings. The van der Waals surface area contributed by atoms with Crippen molar-refractivity contribution in [2.24, 2.45) is 5.41 Å². The predicted octanol–water partition coefficient (Wildman–Crippen LogP) is 2.77. The fraction of sp³-hybridized carbons (Fsp3) is 0.467. The quantitative estimate of drug-likeness (QED) is 0.836. The molecule has 0 bridgehead atoms. The van der Waals surface area contributed by atoms with Crippen molar-refractivity contribution in [2.45, 2.75) is 27.2 Å². The minimum atomic E-state index is -1.03. The van der Waals surface area contributed by atoms with E-state index in [0.717, 1.165) is 23.4 Å². The van der Waals surface area contributed by atoms with E-state index in [2.05, 4.69) is 0 Å². The first-order valence-electron chi connectivity index (χ1n) is 6.23. The van der Waals surface area contributed by atoms with Gasteiger partial charge in [-0.3, -0.25) is 4.79 Å². The molecule has 4 heteroatoms. The van der Waals surface area contributed by atoms with Gasteiger partial charge in [0.25, 0.3) is 0 Å². The van der Waals surface area contributed by atoms with Crippen LogP contribution in [-0.4, -0.2) is 20.1 Å². The van der Waals surface area contributed by atoms with Crippen molar-refractivity contribution in [1.82, 2.24) is 0 Å². The second kappa shape index (κ2) is 5.75. The van der Waals surface area contributed by atoms with Gasteiger partial charge in [-0.15, -0.1) is 0 Å². The molecule has 1 aromatic carbocycles. The Balaban J connectivity index is 3.11. The lowest BCUT2D eigenvalue weighted by Gasteiger charge is -2.24. The number of hydrogen-bond acceptors (Lipinski definition) is 3. The summed E-state index contributed by atoms with van der Waals surface area (Å²) in [6, 6.07) is 7.62. The number of nitriles is 1. The third-order valence-corrected chi connectivity index (χ3v) is 3.15. The largest absolute Gasteiger partial charge is 0.496 e. The smallest absolute Gasteiger partial charge is 0.246 e. The molecular weight excluding hydrogens is 240 g/mol. The van der Waals surface area contributed by atoms with Crippen LogP contribution in [0.4, 0.5) is 5.69 Å². The predicted molar refractivity (Wildman–Crippen MR) is 75.2 cm³/mol. The van der Waals surface area contributed by atoms with Gasteiger partial charge in [-0.25, -0.2) is 0 Å². The van der Waals surface area contributed by atoms with Gasteiger partial charge in [-0.2, -0.15) is 5.26 Å². The minimum Gasteiger partial charge on any atom is -0.496 e. The van der Waals surface area contributed by atoms with E-state index >= 15 is 0 Å². The number of benzene rings is 1. The summed E-state index contributed by atoms with van der Waals surface area (Å²) in [5, 5.41) is 9.03. The number of nitrogens with zero attached hydrogens (tertiary/aromatic N) is 2. The van der Waals surface area contributed by atoms with Crippen LogP contribution in [-0.2, 0) is 11.2 Å². The highest BCUT2D eigenvalue weighted by atomic mass is 16.5. The average molecular weight is 260 g/mol. The van der Waals surface area contributed by atoms with Crippen LogP contribution in [0.2, 0.25) is 0 Å². The van der Waals surface area contributed by atoms with Gasteiger partial charge < -0.3 is 9.64 Å². The Bertz CT molecular complexity index is 515. The standard InChI is InChI=1S/C15H20N2O2/c1-6-11-9-12(7-8-13(11)19-5)17(4)14(18)15(2,3)10-16/h7-9H,6H2,1-5H3. The fourth-order valence-electron chi connectivity index (χ4n) is 1.83. The van der Waals surface area contributed by atoms with E-state index in [1.165, 1.54) is 4.90 Å². The molecule has 0 fully saturated rings. The summed E-state index contributed by atoms with van der Waals surface area (Å²) >= 11 is 0. The number of amides is 1. The van der Waals surface area contributed by atoms with E-state index in [4.69, 9.17) is 10.00 Å². The maximum absolute atomic E-state index is 12.2. The Labute approximate surface area is 114 Å². The van der Waals surface area contributed by atoms with Gasteiger partial charge >= 0.3 is 0 Å². The Morgan fingerprint density at radius 3 is 2.58 bits per heavy atom. The van der Waals surface area contributed by atoms with Gasteiger partial charge in [0, 0.05) is 12.7 Å². The van der Waals surface area contributed by atoms with E-state index in [-0.39, 0.29) is 5.91 Å². The molecule has 0 unspecified atom stereocenters. The summed E-state index contributed by atoms with van der Waals surface area (Å²) in [6.07, 6.45) is 0.820. The maximum atomic E-state index is 12.2. The van der Waals surface area contributed by atoms with Crippen molar-refractivity contribution in [1.29, 1.82) is 5.26 Å². The molecule has 0 heterocycles. The molecular formula is C15H20N2O2. The van der Waals surface area contributed by atoms with Crippen molar-refractivity contribution in [3.05, 3.63) is 23.8 Å². The zero-order valence-electron chi connectivity index (χ0n) is 12.2. The van der Waals surface area contributed by atoms with E-state index in [1.807, 2.05) is 31.2 Å². The molecule has 1 amide bonds. The number of carbonyl (C=O) groups is 1. The Hall–Kier alpha value is -2.02. The topological polar surface area (TPSA) is 53.3 Å². The summed E-state index contributed by atoms with van der Waals surface area (Å²) in [5.41, 5.74) is 0.779. The van der Waals surface area contributed by atoms with Crippen LogP contribution in [0, 0.1) is 16.7 Å². The number of methoxy groups -OCH3 is 1. The number of anilines is 1. The van der Waals surface area contributed by atoms with Crippen LogP contribution in [0.3, 0.4) is 0 Å². The van der Waals surface area contributed by atoms with Crippen molar-refractivity contribution in [3.63, 3.8) is 0 Å². The molecule has 1 rings (SSSR count). The summed E-state index contributed by atoms with van der Waals surface area (Å²) in [5.74, 6) is 0.592. The number of ether oxygens (including phenoxy) is 1. The molecule has 0 N–H and O–H groups in total. The lowest BCUT2D eigenvalue weighted by molar-refractivity contribution is -0.123.